The molecule has 2 heterocycles. The van der Waals surface area contributed by atoms with Crippen molar-refractivity contribution in [1.29, 1.82) is 0 Å². The number of fused-ring (bicyclic) bond motifs is 1. The van der Waals surface area contributed by atoms with Gasteiger partial charge in [-0.2, -0.15) is 0 Å². The molecular weight excluding hydrogens is 560 g/mol. The number of benzene rings is 3. The Kier molecular flexibility index (Phi) is 8.99. The number of aromatic nitrogens is 4. The van der Waals surface area contributed by atoms with E-state index in [1.54, 1.807) is 7.11 Å². The van der Waals surface area contributed by atoms with Crippen LogP contribution in [0.25, 0.3) is 33.7 Å². The summed E-state index contributed by atoms with van der Waals surface area (Å²) in [5.41, 5.74) is 4.08. The van der Waals surface area contributed by atoms with Gasteiger partial charge >= 0.3 is 5.97 Å². The van der Waals surface area contributed by atoms with Crippen LogP contribution in [-0.4, -0.2) is 45.2 Å². The molecule has 0 saturated carbocycles. The Hall–Kier alpha value is -5.12. The number of carbonyl (C=O) groups is 1. The molecule has 0 fully saturated rings. The van der Waals surface area contributed by atoms with Crippen LogP contribution in [0.1, 0.15) is 45.2 Å². The summed E-state index contributed by atoms with van der Waals surface area (Å²) < 4.78 is 23.0. The zero-order valence-corrected chi connectivity index (χ0v) is 25.5. The van der Waals surface area contributed by atoms with Crippen molar-refractivity contribution in [2.24, 2.45) is 0 Å². The number of rotatable bonds is 11. The number of hydrogen-bond acceptors (Lipinski definition) is 8. The van der Waals surface area contributed by atoms with Gasteiger partial charge in [-0.1, -0.05) is 24.3 Å². The molecule has 0 saturated heterocycles. The first-order chi connectivity index (χ1) is 21.1. The van der Waals surface area contributed by atoms with E-state index in [1.165, 1.54) is 6.33 Å². The number of carbonyl (C=O) groups excluding carboxylic acids is 1. The summed E-state index contributed by atoms with van der Waals surface area (Å²) >= 11 is 0. The average molecular weight is 597 g/mol. The molecule has 228 valence electrons. The molecule has 5 aromatic rings. The summed E-state index contributed by atoms with van der Waals surface area (Å²) in [6, 6.07) is 19.3. The first-order valence-corrected chi connectivity index (χ1v) is 14.4. The van der Waals surface area contributed by atoms with Gasteiger partial charge in [-0.05, 0) is 92.8 Å². The number of methoxy groups -OCH3 is 1. The highest BCUT2D eigenvalue weighted by Crippen LogP contribution is 2.35. The van der Waals surface area contributed by atoms with Crippen LogP contribution in [0, 0.1) is 0 Å². The molecule has 44 heavy (non-hydrogen) atoms. The molecule has 10 nitrogen and oxygen atoms in total. The molecular formula is C34H36N4O6. The highest BCUT2D eigenvalue weighted by atomic mass is 16.6. The van der Waals surface area contributed by atoms with Gasteiger partial charge in [-0.15, -0.1) is 0 Å². The quantitative estimate of drug-likeness (QED) is 0.172. The number of aryl methyl sites for hydroxylation is 1. The molecule has 10 heteroatoms. The van der Waals surface area contributed by atoms with Gasteiger partial charge < -0.3 is 28.9 Å². The number of H-pyrrole nitrogens is 2. The number of ether oxygens (including phenoxy) is 4. The first kappa shape index (κ1) is 30.3. The van der Waals surface area contributed by atoms with Crippen LogP contribution < -0.4 is 19.8 Å². The molecule has 0 amide bonds. The van der Waals surface area contributed by atoms with Crippen molar-refractivity contribution in [3.05, 3.63) is 88.5 Å². The lowest BCUT2D eigenvalue weighted by Gasteiger charge is -2.20. The highest BCUT2D eigenvalue weighted by molar-refractivity contribution is 5.77. The number of esters is 1. The summed E-state index contributed by atoms with van der Waals surface area (Å²) in [6.45, 7) is 8.24. The minimum Gasteiger partial charge on any atom is -0.497 e. The normalized spacial score (nSPS) is 11.4. The Morgan fingerprint density at radius 3 is 2.41 bits per heavy atom. The van der Waals surface area contributed by atoms with E-state index in [9.17, 15) is 9.59 Å². The van der Waals surface area contributed by atoms with Gasteiger partial charge in [0.05, 0.1) is 25.6 Å². The molecule has 0 radical (unpaired) electrons. The van der Waals surface area contributed by atoms with E-state index < -0.39 is 5.60 Å². The highest BCUT2D eigenvalue weighted by Gasteiger charge is 2.18. The molecule has 0 unspecified atom stereocenters. The van der Waals surface area contributed by atoms with Gasteiger partial charge in [0, 0.05) is 6.42 Å². The third kappa shape index (κ3) is 7.26. The Morgan fingerprint density at radius 2 is 1.68 bits per heavy atom. The standard InChI is InChI=1S/C34H36N4O6/c1-6-42-28-18-23(9-14-26(28)31-37-32-30(33(40)38-31)35-20-36-32)22-10-15-27(43-19-21-7-12-25(41-5)13-8-21)24(17-22)11-16-29(39)44-34(2,3)4/h7-10,12-15,17-18,20H,6,11,16,19H2,1-5H3,(H2,35,36,37,38,40). The van der Waals surface area contributed by atoms with E-state index in [2.05, 4.69) is 19.9 Å². The molecule has 2 aromatic heterocycles. The number of hydrogen-bond donors (Lipinski definition) is 2. The predicted molar refractivity (Wildman–Crippen MR) is 168 cm³/mol. The molecule has 0 aliphatic rings. The van der Waals surface area contributed by atoms with Crippen molar-refractivity contribution in [3.63, 3.8) is 0 Å². The van der Waals surface area contributed by atoms with Crippen molar-refractivity contribution in [1.82, 2.24) is 19.9 Å². The Morgan fingerprint density at radius 1 is 0.932 bits per heavy atom. The Balaban J connectivity index is 1.46. The Bertz CT molecular complexity index is 1820. The van der Waals surface area contributed by atoms with Gasteiger partial charge in [0.25, 0.3) is 5.56 Å². The topological polar surface area (TPSA) is 128 Å². The number of nitrogens with one attached hydrogen (secondary N) is 2. The molecule has 0 bridgehead atoms. The second-order valence-corrected chi connectivity index (χ2v) is 11.2. The molecule has 0 spiro atoms. The van der Waals surface area contributed by atoms with Crippen LogP contribution in [0.2, 0.25) is 0 Å². The monoisotopic (exact) mass is 596 g/mol. The summed E-state index contributed by atoms with van der Waals surface area (Å²) in [5, 5.41) is 0. The number of nitrogens with zero attached hydrogens (tertiary/aromatic N) is 2. The Labute approximate surface area is 255 Å². The van der Waals surface area contributed by atoms with Gasteiger partial charge in [0.1, 0.15) is 35.3 Å². The second-order valence-electron chi connectivity index (χ2n) is 11.2. The number of aromatic amines is 2. The van der Waals surface area contributed by atoms with E-state index in [1.807, 2.05) is 88.4 Å². The lowest BCUT2D eigenvalue weighted by Crippen LogP contribution is -2.24. The maximum absolute atomic E-state index is 12.6. The minimum absolute atomic E-state index is 0.206. The summed E-state index contributed by atoms with van der Waals surface area (Å²) in [6.07, 6.45) is 2.08. The van der Waals surface area contributed by atoms with Crippen LogP contribution in [0.3, 0.4) is 0 Å². The summed E-state index contributed by atoms with van der Waals surface area (Å²) in [5.74, 6) is 2.12. The van der Waals surface area contributed by atoms with Crippen molar-refractivity contribution in [2.45, 2.75) is 52.7 Å². The molecule has 3 aromatic carbocycles. The molecule has 0 atom stereocenters. The van der Waals surface area contributed by atoms with Crippen LogP contribution in [-0.2, 0) is 22.6 Å². The fourth-order valence-electron chi connectivity index (χ4n) is 4.75. The van der Waals surface area contributed by atoms with Crippen molar-refractivity contribution in [2.75, 3.05) is 13.7 Å². The van der Waals surface area contributed by atoms with Crippen LogP contribution in [0.15, 0.2) is 71.8 Å². The van der Waals surface area contributed by atoms with Crippen molar-refractivity contribution in [3.8, 4) is 39.8 Å². The van der Waals surface area contributed by atoms with Crippen LogP contribution in [0.4, 0.5) is 0 Å². The van der Waals surface area contributed by atoms with Crippen LogP contribution >= 0.6 is 0 Å². The van der Waals surface area contributed by atoms with Crippen molar-refractivity contribution < 1.29 is 23.7 Å². The van der Waals surface area contributed by atoms with Crippen molar-refractivity contribution >= 4 is 17.1 Å². The second kappa shape index (κ2) is 13.0. The summed E-state index contributed by atoms with van der Waals surface area (Å²) in [7, 11) is 1.63. The van der Waals surface area contributed by atoms with Gasteiger partial charge in [0.15, 0.2) is 11.2 Å². The van der Waals surface area contributed by atoms with E-state index in [0.717, 1.165) is 28.0 Å². The fourth-order valence-corrected chi connectivity index (χ4v) is 4.75. The van der Waals surface area contributed by atoms with Crippen LogP contribution in [0.5, 0.6) is 17.2 Å². The third-order valence-corrected chi connectivity index (χ3v) is 6.80. The average Bonchev–Trinajstić information content (AvgIpc) is 3.48. The molecule has 2 N–H and O–H groups in total. The van der Waals surface area contributed by atoms with E-state index >= 15 is 0 Å². The third-order valence-electron chi connectivity index (χ3n) is 6.80. The SMILES string of the molecule is CCOc1cc(-c2ccc(OCc3ccc(OC)cc3)c(CCC(=O)OC(C)(C)C)c2)ccc1-c1nc2nc[nH]c2c(=O)[nH]1. The molecule has 5 rings (SSSR count). The smallest absolute Gasteiger partial charge is 0.306 e. The zero-order valence-electron chi connectivity index (χ0n) is 25.5. The fraction of sp³-hybridized carbons (Fsp3) is 0.294. The summed E-state index contributed by atoms with van der Waals surface area (Å²) in [4.78, 5) is 39.4. The molecule has 0 aliphatic carbocycles. The van der Waals surface area contributed by atoms with Gasteiger partial charge in [-0.3, -0.25) is 9.59 Å². The maximum atomic E-state index is 12.6. The minimum atomic E-state index is -0.565. The van der Waals surface area contributed by atoms with Gasteiger partial charge in [0.2, 0.25) is 0 Å². The lowest BCUT2D eigenvalue weighted by molar-refractivity contribution is -0.154. The van der Waals surface area contributed by atoms with E-state index in [0.29, 0.717) is 53.7 Å². The zero-order chi connectivity index (χ0) is 31.3. The van der Waals surface area contributed by atoms with Gasteiger partial charge in [-0.25, -0.2) is 9.97 Å². The largest absolute Gasteiger partial charge is 0.497 e. The predicted octanol–water partition coefficient (Wildman–Crippen LogP) is 6.24. The van der Waals surface area contributed by atoms with E-state index in [-0.39, 0.29) is 17.9 Å². The maximum Gasteiger partial charge on any atom is 0.306 e. The lowest BCUT2D eigenvalue weighted by atomic mass is 9.98. The number of imidazole rings is 1. The first-order valence-electron chi connectivity index (χ1n) is 14.4. The van der Waals surface area contributed by atoms with E-state index in [4.69, 9.17) is 18.9 Å². The molecule has 0 aliphatic heterocycles.